The van der Waals surface area contributed by atoms with E-state index in [9.17, 15) is 0 Å². The Morgan fingerprint density at radius 3 is 2.53 bits per heavy atom. The number of alkyl halides is 1. The lowest BCUT2D eigenvalue weighted by Crippen LogP contribution is -2.35. The number of nitrogens with one attached hydrogen (secondary N) is 1. The summed E-state index contributed by atoms with van der Waals surface area (Å²) in [6.45, 7) is 5.93. The smallest absolute Gasteiger partial charge is 0.119 e. The van der Waals surface area contributed by atoms with Crippen LogP contribution >= 0.6 is 11.6 Å². The summed E-state index contributed by atoms with van der Waals surface area (Å²) in [6, 6.07) is 10.3. The molecule has 0 amide bonds. The van der Waals surface area contributed by atoms with Crippen LogP contribution in [0.5, 0.6) is 5.75 Å². The van der Waals surface area contributed by atoms with Crippen molar-refractivity contribution in [2.75, 3.05) is 19.0 Å². The van der Waals surface area contributed by atoms with E-state index in [1.54, 1.807) is 0 Å². The first kappa shape index (κ1) is 14.3. The fourth-order valence-corrected chi connectivity index (χ4v) is 1.95. The zero-order chi connectivity index (χ0) is 12.5. The summed E-state index contributed by atoms with van der Waals surface area (Å²) in [7, 11) is 0. The monoisotopic (exact) mass is 255 g/mol. The van der Waals surface area contributed by atoms with Gasteiger partial charge >= 0.3 is 0 Å². The van der Waals surface area contributed by atoms with Gasteiger partial charge in [-0.2, -0.15) is 0 Å². The maximum atomic E-state index is 5.90. The van der Waals surface area contributed by atoms with Crippen molar-refractivity contribution in [1.29, 1.82) is 0 Å². The Bertz CT molecular complexity index is 290. The highest BCUT2D eigenvalue weighted by Crippen LogP contribution is 2.08. The highest BCUT2D eigenvalue weighted by molar-refractivity contribution is 6.18. The van der Waals surface area contributed by atoms with Gasteiger partial charge in [-0.05, 0) is 24.5 Å². The van der Waals surface area contributed by atoms with Gasteiger partial charge in [0.25, 0.3) is 0 Å². The molecule has 0 spiro atoms. The van der Waals surface area contributed by atoms with Crippen molar-refractivity contribution >= 4 is 11.6 Å². The Hall–Kier alpha value is -0.730. The molecule has 0 aromatic heterocycles. The summed E-state index contributed by atoms with van der Waals surface area (Å²) in [5.74, 6) is 2.24. The first-order valence-electron chi connectivity index (χ1n) is 6.19. The highest BCUT2D eigenvalue weighted by Gasteiger charge is 2.08. The number of benzene rings is 1. The van der Waals surface area contributed by atoms with Crippen LogP contribution in [0.4, 0.5) is 0 Å². The lowest BCUT2D eigenvalue weighted by atomic mass is 10.1. The van der Waals surface area contributed by atoms with Crippen LogP contribution in [0.15, 0.2) is 30.3 Å². The summed E-state index contributed by atoms with van der Waals surface area (Å²) < 4.78 is 5.60. The molecule has 0 fully saturated rings. The quantitative estimate of drug-likeness (QED) is 0.569. The van der Waals surface area contributed by atoms with Gasteiger partial charge in [0.15, 0.2) is 0 Å². The van der Waals surface area contributed by atoms with Gasteiger partial charge in [0.2, 0.25) is 0 Å². The van der Waals surface area contributed by atoms with Crippen LogP contribution in [0.1, 0.15) is 20.3 Å². The number of ether oxygens (including phenoxy) is 1. The minimum atomic E-state index is 0.385. The average molecular weight is 256 g/mol. The molecule has 1 atom stereocenters. The third-order valence-electron chi connectivity index (χ3n) is 2.49. The molecule has 0 radical (unpaired) electrons. The maximum Gasteiger partial charge on any atom is 0.119 e. The van der Waals surface area contributed by atoms with Gasteiger partial charge in [-0.3, -0.25) is 0 Å². The molecule has 0 aliphatic carbocycles. The molecule has 2 nitrogen and oxygen atoms in total. The predicted octanol–water partition coefficient (Wildman–Crippen LogP) is 3.31. The summed E-state index contributed by atoms with van der Waals surface area (Å²) in [4.78, 5) is 0. The van der Waals surface area contributed by atoms with Gasteiger partial charge in [0.05, 0.1) is 0 Å². The average Bonchev–Trinajstić information content (AvgIpc) is 2.34. The van der Waals surface area contributed by atoms with Crippen molar-refractivity contribution in [2.24, 2.45) is 5.92 Å². The largest absolute Gasteiger partial charge is 0.492 e. The van der Waals surface area contributed by atoms with E-state index in [4.69, 9.17) is 16.3 Å². The van der Waals surface area contributed by atoms with Gasteiger partial charge in [-0.1, -0.05) is 32.0 Å². The molecule has 0 saturated heterocycles. The Labute approximate surface area is 109 Å². The SMILES string of the molecule is CC(C)CC(CCl)NCCOc1ccccc1. The third kappa shape index (κ3) is 6.54. The second kappa shape index (κ2) is 8.37. The molecule has 0 aliphatic heterocycles. The van der Waals surface area contributed by atoms with Crippen LogP contribution < -0.4 is 10.1 Å². The minimum Gasteiger partial charge on any atom is -0.492 e. The minimum absolute atomic E-state index is 0.385. The lowest BCUT2D eigenvalue weighted by molar-refractivity contribution is 0.301. The topological polar surface area (TPSA) is 21.3 Å². The van der Waals surface area contributed by atoms with Crippen LogP contribution in [0.25, 0.3) is 0 Å². The van der Waals surface area contributed by atoms with E-state index in [2.05, 4.69) is 19.2 Å². The van der Waals surface area contributed by atoms with E-state index < -0.39 is 0 Å². The van der Waals surface area contributed by atoms with E-state index in [0.29, 0.717) is 24.4 Å². The molecule has 17 heavy (non-hydrogen) atoms. The molecule has 0 aliphatic rings. The molecule has 1 N–H and O–H groups in total. The van der Waals surface area contributed by atoms with Crippen LogP contribution in [0.2, 0.25) is 0 Å². The molecule has 1 aromatic carbocycles. The van der Waals surface area contributed by atoms with Crippen molar-refractivity contribution in [3.05, 3.63) is 30.3 Å². The molecule has 1 rings (SSSR count). The summed E-state index contributed by atoms with van der Waals surface area (Å²) in [6.07, 6.45) is 1.11. The van der Waals surface area contributed by atoms with Crippen LogP contribution in [-0.2, 0) is 0 Å². The first-order valence-corrected chi connectivity index (χ1v) is 6.73. The molecule has 0 saturated carbocycles. The molecule has 0 heterocycles. The molecule has 3 heteroatoms. The van der Waals surface area contributed by atoms with E-state index in [-0.39, 0.29) is 0 Å². The Kier molecular flexibility index (Phi) is 7.06. The summed E-state index contributed by atoms with van der Waals surface area (Å²) in [5, 5.41) is 3.41. The van der Waals surface area contributed by atoms with E-state index in [1.165, 1.54) is 0 Å². The molecule has 1 aromatic rings. The maximum absolute atomic E-state index is 5.90. The van der Waals surface area contributed by atoms with Crippen LogP contribution in [0, 0.1) is 5.92 Å². The Morgan fingerprint density at radius 1 is 1.24 bits per heavy atom. The van der Waals surface area contributed by atoms with Crippen molar-refractivity contribution in [3.8, 4) is 5.75 Å². The normalized spacial score (nSPS) is 12.7. The fourth-order valence-electron chi connectivity index (χ4n) is 1.72. The highest BCUT2D eigenvalue weighted by atomic mass is 35.5. The van der Waals surface area contributed by atoms with E-state index in [1.807, 2.05) is 30.3 Å². The zero-order valence-corrected chi connectivity index (χ0v) is 11.4. The fraction of sp³-hybridized carbons (Fsp3) is 0.571. The summed E-state index contributed by atoms with van der Waals surface area (Å²) in [5.41, 5.74) is 0. The summed E-state index contributed by atoms with van der Waals surface area (Å²) >= 11 is 5.90. The standard InChI is InChI=1S/C14H22ClNO/c1-12(2)10-13(11-15)16-8-9-17-14-6-4-3-5-7-14/h3-7,12-13,16H,8-11H2,1-2H3. The van der Waals surface area contributed by atoms with Gasteiger partial charge in [-0.25, -0.2) is 0 Å². The van der Waals surface area contributed by atoms with E-state index >= 15 is 0 Å². The number of hydrogen-bond donors (Lipinski definition) is 1. The van der Waals surface area contributed by atoms with Gasteiger partial charge in [0.1, 0.15) is 12.4 Å². The van der Waals surface area contributed by atoms with Crippen LogP contribution in [0.3, 0.4) is 0 Å². The van der Waals surface area contributed by atoms with Gasteiger partial charge in [-0.15, -0.1) is 11.6 Å². The third-order valence-corrected chi connectivity index (χ3v) is 2.86. The molecule has 1 unspecified atom stereocenters. The van der Waals surface area contributed by atoms with Crippen molar-refractivity contribution in [3.63, 3.8) is 0 Å². The lowest BCUT2D eigenvalue weighted by Gasteiger charge is -2.18. The first-order chi connectivity index (χ1) is 8.22. The van der Waals surface area contributed by atoms with Crippen LogP contribution in [-0.4, -0.2) is 25.1 Å². The van der Waals surface area contributed by atoms with Crippen molar-refractivity contribution < 1.29 is 4.74 Å². The number of hydrogen-bond acceptors (Lipinski definition) is 2. The van der Waals surface area contributed by atoms with Crippen molar-refractivity contribution in [2.45, 2.75) is 26.3 Å². The number of para-hydroxylation sites is 1. The molecule has 96 valence electrons. The van der Waals surface area contributed by atoms with E-state index in [0.717, 1.165) is 18.7 Å². The zero-order valence-electron chi connectivity index (χ0n) is 10.7. The number of rotatable bonds is 8. The number of halogens is 1. The van der Waals surface area contributed by atoms with Crippen molar-refractivity contribution in [1.82, 2.24) is 5.32 Å². The molecule has 0 bridgehead atoms. The molecular formula is C14H22ClNO. The Morgan fingerprint density at radius 2 is 1.94 bits per heavy atom. The second-order valence-corrected chi connectivity index (χ2v) is 4.91. The van der Waals surface area contributed by atoms with Gasteiger partial charge < -0.3 is 10.1 Å². The van der Waals surface area contributed by atoms with Gasteiger partial charge in [0, 0.05) is 18.5 Å². The Balaban J connectivity index is 2.14. The predicted molar refractivity (Wildman–Crippen MR) is 73.9 cm³/mol. The molecular weight excluding hydrogens is 234 g/mol. The second-order valence-electron chi connectivity index (χ2n) is 4.60.